The van der Waals surface area contributed by atoms with Crippen molar-refractivity contribution in [3.8, 4) is 67.8 Å². The third kappa shape index (κ3) is 6.06. The second-order valence-electron chi connectivity index (χ2n) is 15.7. The van der Waals surface area contributed by atoms with Gasteiger partial charge in [0.1, 0.15) is 0 Å². The van der Waals surface area contributed by atoms with Crippen molar-refractivity contribution in [2.45, 2.75) is 0 Å². The number of rotatable bonds is 7. The Balaban J connectivity index is 0.897. The van der Waals surface area contributed by atoms with Gasteiger partial charge in [-0.2, -0.15) is 0 Å². The molecular weight excluding hydrogens is 755 g/mol. The number of benzene rings is 9. The van der Waals surface area contributed by atoms with Gasteiger partial charge in [-0.15, -0.1) is 0 Å². The molecule has 0 N–H and O–H groups in total. The van der Waals surface area contributed by atoms with Crippen molar-refractivity contribution < 1.29 is 0 Å². The number of para-hydroxylation sites is 3. The Hall–Kier alpha value is -8.41. The van der Waals surface area contributed by atoms with Crippen LogP contribution in [-0.4, -0.2) is 24.1 Å². The van der Waals surface area contributed by atoms with E-state index >= 15 is 0 Å². The monoisotopic (exact) mass is 791 g/mol. The summed E-state index contributed by atoms with van der Waals surface area (Å²) in [4.78, 5) is 14.7. The van der Waals surface area contributed by atoms with Crippen molar-refractivity contribution in [3.63, 3.8) is 0 Å². The van der Waals surface area contributed by atoms with Gasteiger partial charge in [0.15, 0.2) is 17.5 Å². The standard InChI is InChI=1S/C57H37N5/c1-3-14-40(15-4-1)55-58-56(41-16-5-2-6-17-41)60-57(59-55)42-28-26-38(27-29-42)39-30-33-45(34-31-39)61-51-23-10-9-22-49(51)50-35-32-44(37-54(50)61)43-18-13-19-46(36-43)62-52-24-11-7-20-47(52)48-21-8-12-25-53(48)62/h1-37H. The van der Waals surface area contributed by atoms with Crippen LogP contribution in [0.1, 0.15) is 0 Å². The van der Waals surface area contributed by atoms with Crippen LogP contribution in [0, 0.1) is 0 Å². The number of hydrogen-bond acceptors (Lipinski definition) is 3. The number of nitrogens with zero attached hydrogens (tertiary/aromatic N) is 5. The van der Waals surface area contributed by atoms with Crippen LogP contribution in [-0.2, 0) is 0 Å². The molecule has 5 nitrogen and oxygen atoms in total. The molecule has 9 aromatic carbocycles. The van der Waals surface area contributed by atoms with E-state index < -0.39 is 0 Å². The van der Waals surface area contributed by atoms with Gasteiger partial charge in [0.25, 0.3) is 0 Å². The molecule has 0 fully saturated rings. The van der Waals surface area contributed by atoms with Crippen LogP contribution >= 0.6 is 0 Å². The van der Waals surface area contributed by atoms with Gasteiger partial charge in [0.05, 0.1) is 22.1 Å². The maximum atomic E-state index is 4.93. The molecule has 0 aliphatic carbocycles. The van der Waals surface area contributed by atoms with E-state index in [9.17, 15) is 0 Å². The first-order valence-electron chi connectivity index (χ1n) is 20.9. The minimum atomic E-state index is 0.642. The summed E-state index contributed by atoms with van der Waals surface area (Å²) in [5.41, 5.74) is 14.5. The Morgan fingerprint density at radius 1 is 0.226 bits per heavy atom. The Bertz CT molecular complexity index is 3490. The van der Waals surface area contributed by atoms with Crippen LogP contribution in [0.15, 0.2) is 224 Å². The zero-order valence-electron chi connectivity index (χ0n) is 33.6. The second kappa shape index (κ2) is 14.7. The van der Waals surface area contributed by atoms with E-state index in [1.165, 1.54) is 54.7 Å². The van der Waals surface area contributed by atoms with Gasteiger partial charge in [-0.25, -0.2) is 15.0 Å². The van der Waals surface area contributed by atoms with Crippen LogP contribution in [0.2, 0.25) is 0 Å². The molecular formula is C57H37N5. The van der Waals surface area contributed by atoms with E-state index in [1.54, 1.807) is 0 Å². The second-order valence-corrected chi connectivity index (χ2v) is 15.7. The smallest absolute Gasteiger partial charge is 0.164 e. The fourth-order valence-electron chi connectivity index (χ4n) is 9.01. The van der Waals surface area contributed by atoms with Crippen molar-refractivity contribution in [2.75, 3.05) is 0 Å². The lowest BCUT2D eigenvalue weighted by Crippen LogP contribution is -2.00. The summed E-state index contributed by atoms with van der Waals surface area (Å²) in [6.45, 7) is 0. The molecule has 3 heterocycles. The maximum Gasteiger partial charge on any atom is 0.164 e. The van der Waals surface area contributed by atoms with Crippen LogP contribution < -0.4 is 0 Å². The molecule has 0 radical (unpaired) electrons. The summed E-state index contributed by atoms with van der Waals surface area (Å²) in [6, 6.07) is 79.5. The third-order valence-corrected chi connectivity index (χ3v) is 12.0. The van der Waals surface area contributed by atoms with Crippen molar-refractivity contribution in [3.05, 3.63) is 224 Å². The normalized spacial score (nSPS) is 11.5. The zero-order chi connectivity index (χ0) is 41.0. The predicted octanol–water partition coefficient (Wildman–Crippen LogP) is 14.4. The first kappa shape index (κ1) is 35.5. The van der Waals surface area contributed by atoms with E-state index in [2.05, 4.69) is 173 Å². The van der Waals surface area contributed by atoms with Gasteiger partial charge in [-0.1, -0.05) is 176 Å². The summed E-state index contributed by atoms with van der Waals surface area (Å²) in [5.74, 6) is 1.95. The fourth-order valence-corrected chi connectivity index (χ4v) is 9.01. The van der Waals surface area contributed by atoms with Gasteiger partial charge in [0.2, 0.25) is 0 Å². The molecule has 12 rings (SSSR count). The Labute approximate surface area is 358 Å². The largest absolute Gasteiger partial charge is 0.309 e. The van der Waals surface area contributed by atoms with Crippen LogP contribution in [0.3, 0.4) is 0 Å². The number of hydrogen-bond donors (Lipinski definition) is 0. The SMILES string of the molecule is c1ccc(-c2nc(-c3ccccc3)nc(-c3ccc(-c4ccc(-n5c6ccccc6c6ccc(-c7cccc(-n8c9ccccc9c9ccccc98)c7)cc65)cc4)cc3)n2)cc1. The highest BCUT2D eigenvalue weighted by Gasteiger charge is 2.17. The number of fused-ring (bicyclic) bond motifs is 6. The van der Waals surface area contributed by atoms with Gasteiger partial charge >= 0.3 is 0 Å². The van der Waals surface area contributed by atoms with Gasteiger partial charge in [-0.3, -0.25) is 0 Å². The predicted molar refractivity (Wildman–Crippen MR) is 256 cm³/mol. The summed E-state index contributed by atoms with van der Waals surface area (Å²) in [5, 5.41) is 4.98. The summed E-state index contributed by atoms with van der Waals surface area (Å²) in [6.07, 6.45) is 0. The third-order valence-electron chi connectivity index (χ3n) is 12.0. The Kier molecular flexibility index (Phi) is 8.42. The highest BCUT2D eigenvalue weighted by molar-refractivity contribution is 6.11. The highest BCUT2D eigenvalue weighted by Crippen LogP contribution is 2.38. The van der Waals surface area contributed by atoms with E-state index in [1.807, 2.05) is 60.7 Å². The lowest BCUT2D eigenvalue weighted by atomic mass is 10.0. The molecule has 5 heteroatoms. The molecule has 0 unspecified atom stereocenters. The molecule has 0 bridgehead atoms. The molecule has 0 spiro atoms. The Morgan fingerprint density at radius 3 is 1.13 bits per heavy atom. The maximum absolute atomic E-state index is 4.93. The molecule has 0 saturated heterocycles. The van der Waals surface area contributed by atoms with E-state index in [4.69, 9.17) is 15.0 Å². The molecule has 0 aliphatic rings. The molecule has 0 amide bonds. The Morgan fingerprint density at radius 2 is 0.597 bits per heavy atom. The summed E-state index contributed by atoms with van der Waals surface area (Å²) >= 11 is 0. The molecule has 3 aromatic heterocycles. The minimum Gasteiger partial charge on any atom is -0.309 e. The van der Waals surface area contributed by atoms with Crippen molar-refractivity contribution in [1.29, 1.82) is 0 Å². The van der Waals surface area contributed by atoms with Crippen molar-refractivity contribution in [2.24, 2.45) is 0 Å². The lowest BCUT2D eigenvalue weighted by molar-refractivity contribution is 1.07. The average molecular weight is 792 g/mol. The van der Waals surface area contributed by atoms with Crippen molar-refractivity contribution >= 4 is 43.6 Å². The quantitative estimate of drug-likeness (QED) is 0.162. The molecule has 290 valence electrons. The fraction of sp³-hybridized carbons (Fsp3) is 0. The van der Waals surface area contributed by atoms with Gasteiger partial charge in [-0.05, 0) is 70.8 Å². The zero-order valence-corrected chi connectivity index (χ0v) is 33.6. The van der Waals surface area contributed by atoms with Crippen LogP contribution in [0.4, 0.5) is 0 Å². The van der Waals surface area contributed by atoms with Crippen molar-refractivity contribution in [1.82, 2.24) is 24.1 Å². The van der Waals surface area contributed by atoms with Crippen LogP contribution in [0.5, 0.6) is 0 Å². The lowest BCUT2D eigenvalue weighted by Gasteiger charge is -2.12. The molecule has 0 atom stereocenters. The summed E-state index contributed by atoms with van der Waals surface area (Å²) < 4.78 is 4.78. The van der Waals surface area contributed by atoms with E-state index in [0.29, 0.717) is 17.5 Å². The molecule has 0 saturated carbocycles. The first-order chi connectivity index (χ1) is 30.7. The average Bonchev–Trinajstić information content (AvgIpc) is 3.87. The highest BCUT2D eigenvalue weighted by atomic mass is 15.0. The molecule has 62 heavy (non-hydrogen) atoms. The van der Waals surface area contributed by atoms with Crippen LogP contribution in [0.25, 0.3) is 111 Å². The van der Waals surface area contributed by atoms with E-state index in [0.717, 1.165) is 39.2 Å². The van der Waals surface area contributed by atoms with Gasteiger partial charge < -0.3 is 9.13 Å². The number of aromatic nitrogens is 5. The summed E-state index contributed by atoms with van der Waals surface area (Å²) in [7, 11) is 0. The first-order valence-corrected chi connectivity index (χ1v) is 20.9. The topological polar surface area (TPSA) is 48.5 Å². The molecule has 0 aliphatic heterocycles. The van der Waals surface area contributed by atoms with E-state index in [-0.39, 0.29) is 0 Å². The minimum absolute atomic E-state index is 0.642. The molecule has 12 aromatic rings. The van der Waals surface area contributed by atoms with Gasteiger partial charge in [0, 0.05) is 49.6 Å².